The number of hydrogen-bond acceptors (Lipinski definition) is 6. The van der Waals surface area contributed by atoms with Crippen molar-refractivity contribution in [1.29, 1.82) is 15.8 Å². The number of fused-ring (bicyclic) bond motifs is 3. The predicted molar refractivity (Wildman–Crippen MR) is 369 cm³/mol. The van der Waals surface area contributed by atoms with Crippen LogP contribution in [-0.4, -0.2) is 33.4 Å². The molecule has 0 spiro atoms. The number of allylic oxidation sites excluding steroid dienone is 3. The lowest BCUT2D eigenvalue weighted by Crippen LogP contribution is -2.00. The SMILES string of the molecule is C.Cc1ccc(/C(C#N)=C/c2cn(Cc3ccc(C)nc3)c3c(F)c(Cl)ccc23)cc1.Cc1ccc(/C(C#N)=C/c2cn(Cc3ccc(F)cc3)c3c(F)c(Cl)ccc23)cc1.Cc1ccc(/C(C#N)=C/c2cn(Cc3ccc(F)cc3)c3cc(S(C)(=O)=O)ccc23)cc1. The minimum absolute atomic E-state index is 0. The molecule has 464 valence electrons. The smallest absolute Gasteiger partial charge is 0.175 e. The van der Waals surface area contributed by atoms with Gasteiger partial charge in [0.1, 0.15) is 11.6 Å². The van der Waals surface area contributed by atoms with Gasteiger partial charge >= 0.3 is 0 Å². The Balaban J connectivity index is 0.000000164. The molecule has 16 heteroatoms. The molecule has 0 aliphatic carbocycles. The number of benzene rings is 8. The van der Waals surface area contributed by atoms with Gasteiger partial charge in [-0.2, -0.15) is 15.8 Å². The molecule has 4 aromatic heterocycles. The van der Waals surface area contributed by atoms with E-state index >= 15 is 0 Å². The van der Waals surface area contributed by atoms with Gasteiger partial charge in [-0.25, -0.2) is 26.0 Å². The fourth-order valence-corrected chi connectivity index (χ4v) is 11.5. The van der Waals surface area contributed by atoms with Crippen molar-refractivity contribution < 1.29 is 26.0 Å². The zero-order valence-electron chi connectivity index (χ0n) is 50.5. The Morgan fingerprint density at radius 1 is 0.473 bits per heavy atom. The number of hydrogen-bond donors (Lipinski definition) is 0. The van der Waals surface area contributed by atoms with Crippen molar-refractivity contribution in [3.8, 4) is 18.2 Å². The Labute approximate surface area is 548 Å². The topological polar surface area (TPSA) is 133 Å². The molecule has 0 aliphatic heterocycles. The molecule has 0 N–H and O–H groups in total. The Kier molecular flexibility index (Phi) is 21.0. The molecule has 0 saturated heterocycles. The van der Waals surface area contributed by atoms with Crippen LogP contribution < -0.4 is 0 Å². The third-order valence-corrected chi connectivity index (χ3v) is 17.1. The fraction of sp³-hybridized carbons (Fsp3) is 0.117. The first-order valence-electron chi connectivity index (χ1n) is 28.9. The summed E-state index contributed by atoms with van der Waals surface area (Å²) in [5.41, 5.74) is 14.6. The highest BCUT2D eigenvalue weighted by atomic mass is 35.5. The third-order valence-electron chi connectivity index (χ3n) is 15.4. The lowest BCUT2D eigenvalue weighted by Gasteiger charge is -2.07. The summed E-state index contributed by atoms with van der Waals surface area (Å²) in [4.78, 5) is 4.54. The highest BCUT2D eigenvalue weighted by molar-refractivity contribution is 7.90. The second kappa shape index (κ2) is 29.2. The number of nitrogens with zero attached hydrogens (tertiary/aromatic N) is 7. The van der Waals surface area contributed by atoms with Crippen LogP contribution >= 0.6 is 23.2 Å². The molecular weight excluding hydrogens is 1230 g/mol. The normalized spacial score (nSPS) is 11.7. The largest absolute Gasteiger partial charge is 0.342 e. The summed E-state index contributed by atoms with van der Waals surface area (Å²) in [7, 11) is -3.39. The van der Waals surface area contributed by atoms with Crippen LogP contribution in [0.1, 0.15) is 79.9 Å². The molecule has 9 nitrogen and oxygen atoms in total. The van der Waals surface area contributed by atoms with Crippen molar-refractivity contribution in [3.05, 3.63) is 306 Å². The van der Waals surface area contributed by atoms with Crippen molar-refractivity contribution in [1.82, 2.24) is 18.7 Å². The molecule has 0 atom stereocenters. The van der Waals surface area contributed by atoms with Gasteiger partial charge < -0.3 is 13.7 Å². The van der Waals surface area contributed by atoms with Crippen LogP contribution in [0.5, 0.6) is 0 Å². The molecule has 12 rings (SSSR count). The van der Waals surface area contributed by atoms with Crippen molar-refractivity contribution in [2.45, 2.75) is 59.7 Å². The number of aryl methyl sites for hydroxylation is 4. The Bertz CT molecular complexity index is 4880. The zero-order chi connectivity index (χ0) is 65.4. The highest BCUT2D eigenvalue weighted by Crippen LogP contribution is 2.35. The second-order valence-electron chi connectivity index (χ2n) is 22.3. The zero-order valence-corrected chi connectivity index (χ0v) is 52.9. The predicted octanol–water partition coefficient (Wildman–Crippen LogP) is 19.8. The molecule has 0 bridgehead atoms. The van der Waals surface area contributed by atoms with Crippen LogP contribution in [0.3, 0.4) is 0 Å². The van der Waals surface area contributed by atoms with E-state index in [-0.39, 0.29) is 34.0 Å². The molecule has 12 aromatic rings. The van der Waals surface area contributed by atoms with Crippen LogP contribution in [0.2, 0.25) is 10.0 Å². The summed E-state index contributed by atoms with van der Waals surface area (Å²) < 4.78 is 86.2. The molecule has 0 saturated carbocycles. The van der Waals surface area contributed by atoms with Crippen LogP contribution in [0, 0.1) is 85.0 Å². The van der Waals surface area contributed by atoms with Gasteiger partial charge in [0.05, 0.1) is 66.4 Å². The van der Waals surface area contributed by atoms with Crippen LogP contribution in [0.25, 0.3) is 67.7 Å². The van der Waals surface area contributed by atoms with E-state index in [0.717, 1.165) is 77.8 Å². The average Bonchev–Trinajstić information content (AvgIpc) is 1.65. The summed E-state index contributed by atoms with van der Waals surface area (Å²) in [6.45, 7) is 9.11. The number of halogens is 6. The van der Waals surface area contributed by atoms with Crippen LogP contribution in [0.4, 0.5) is 17.6 Å². The van der Waals surface area contributed by atoms with Gasteiger partial charge in [0.2, 0.25) is 0 Å². The first-order chi connectivity index (χ1) is 44.2. The van der Waals surface area contributed by atoms with E-state index in [4.69, 9.17) is 23.2 Å². The first-order valence-corrected chi connectivity index (χ1v) is 31.5. The van der Waals surface area contributed by atoms with Crippen LogP contribution in [-0.2, 0) is 29.5 Å². The second-order valence-corrected chi connectivity index (χ2v) is 25.1. The number of pyridine rings is 1. The van der Waals surface area contributed by atoms with Crippen molar-refractivity contribution in [3.63, 3.8) is 0 Å². The molecule has 4 heterocycles. The summed E-state index contributed by atoms with van der Waals surface area (Å²) in [6, 6.07) is 57.6. The van der Waals surface area contributed by atoms with Gasteiger partial charge in [-0.15, -0.1) is 0 Å². The van der Waals surface area contributed by atoms with Gasteiger partial charge in [-0.1, -0.05) is 169 Å². The van der Waals surface area contributed by atoms with E-state index in [9.17, 15) is 41.8 Å². The van der Waals surface area contributed by atoms with Crippen molar-refractivity contribution >= 4 is 101 Å². The maximum absolute atomic E-state index is 15.0. The van der Waals surface area contributed by atoms with Crippen LogP contribution in [0.15, 0.2) is 206 Å². The quantitative estimate of drug-likeness (QED) is 0.0834. The monoisotopic (exact) mass is 1290 g/mol. The summed E-state index contributed by atoms with van der Waals surface area (Å²) in [6.07, 6.45) is 13.9. The molecule has 0 radical (unpaired) electrons. The minimum atomic E-state index is -3.39. The standard InChI is InChI=1S/C26H21FN2O2S.C25H17ClF2N2.C25H19ClFN3.CH4/c1-18-3-7-20(8-4-18)21(15-28)13-22-17-29(16-19-5-9-23(27)10-6-19)26-14-24(32(2,30)31)11-12-25(22)26;1-16-2-6-18(7-3-16)19(13-29)12-20-15-30(14-17-4-8-21(27)9-5-17)25-22(20)10-11-23(26)24(25)28;1-16-3-7-19(8-4-16)20(12-28)11-21-15-30(14-18-6-5-17(2)29-13-18)25-22(21)9-10-23(26)24(25)27;/h3-14,17H,16H2,1-2H3;2-12,15H,14H2,1H3;3-11,13,15H,14H2,1-2H3;1H4/b21-13+;19-12+;20-11+;. The van der Waals surface area contributed by atoms with Crippen molar-refractivity contribution in [2.24, 2.45) is 0 Å². The molecule has 0 unspecified atom stereocenters. The van der Waals surface area contributed by atoms with E-state index in [1.807, 2.05) is 140 Å². The van der Waals surface area contributed by atoms with Gasteiger partial charge in [0.15, 0.2) is 21.5 Å². The fourth-order valence-electron chi connectivity index (χ4n) is 10.5. The number of aromatic nitrogens is 4. The summed E-state index contributed by atoms with van der Waals surface area (Å²) in [5.74, 6) is -1.64. The highest BCUT2D eigenvalue weighted by Gasteiger charge is 2.19. The minimum Gasteiger partial charge on any atom is -0.342 e. The Morgan fingerprint density at radius 3 is 1.20 bits per heavy atom. The van der Waals surface area contributed by atoms with E-state index in [0.29, 0.717) is 63.7 Å². The van der Waals surface area contributed by atoms with E-state index < -0.39 is 21.5 Å². The lowest BCUT2D eigenvalue weighted by atomic mass is 10.0. The Hall–Kier alpha value is -10.5. The maximum atomic E-state index is 15.0. The van der Waals surface area contributed by atoms with E-state index in [1.54, 1.807) is 89.8 Å². The molecule has 0 aliphatic rings. The average molecular weight is 1300 g/mol. The molecule has 93 heavy (non-hydrogen) atoms. The van der Waals surface area contributed by atoms with E-state index in [2.05, 4.69) is 23.2 Å². The van der Waals surface area contributed by atoms with Gasteiger partial charge in [0.25, 0.3) is 0 Å². The first kappa shape index (κ1) is 66.9. The third kappa shape index (κ3) is 15.8. The molecule has 8 aromatic carbocycles. The number of nitriles is 3. The van der Waals surface area contributed by atoms with E-state index in [1.165, 1.54) is 36.6 Å². The molecule has 0 fully saturated rings. The van der Waals surface area contributed by atoms with Gasteiger partial charge in [-0.05, 0) is 134 Å². The number of sulfone groups is 1. The molecular formula is C77H61Cl2F4N7O2S. The Morgan fingerprint density at radius 2 is 0.828 bits per heavy atom. The molecule has 0 amide bonds. The summed E-state index contributed by atoms with van der Waals surface area (Å²) in [5, 5.41) is 31.5. The van der Waals surface area contributed by atoms with Gasteiger partial charge in [0, 0.05) is 89.2 Å². The van der Waals surface area contributed by atoms with Gasteiger partial charge in [-0.3, -0.25) is 4.98 Å². The number of rotatable bonds is 13. The maximum Gasteiger partial charge on any atom is 0.175 e. The van der Waals surface area contributed by atoms with Crippen molar-refractivity contribution in [2.75, 3.05) is 6.26 Å². The summed E-state index contributed by atoms with van der Waals surface area (Å²) >= 11 is 12.1. The lowest BCUT2D eigenvalue weighted by molar-refractivity contribution is 0.602.